The van der Waals surface area contributed by atoms with Crippen molar-refractivity contribution in [2.24, 2.45) is 5.11 Å². The molecule has 4 heterocycles. The number of aryl methyl sites for hydroxylation is 1. The quantitative estimate of drug-likeness (QED) is 0.0843. The molecular formula is C19H23N7O17P4+4. The van der Waals surface area contributed by atoms with E-state index >= 15 is 0 Å². The highest BCUT2D eigenvalue weighted by Crippen LogP contribution is 2.51. The lowest BCUT2D eigenvalue weighted by Crippen LogP contribution is -2.37. The van der Waals surface area contributed by atoms with Crippen LogP contribution in [0.5, 0.6) is 0 Å². The van der Waals surface area contributed by atoms with Crippen molar-refractivity contribution in [2.45, 2.75) is 56.3 Å². The van der Waals surface area contributed by atoms with E-state index in [1.165, 1.54) is 13.1 Å². The Morgan fingerprint density at radius 2 is 1.51 bits per heavy atom. The summed E-state index contributed by atoms with van der Waals surface area (Å²) in [7, 11) is -13.5. The van der Waals surface area contributed by atoms with Gasteiger partial charge in [-0.15, -0.1) is 9.05 Å². The number of rotatable bonds is 15. The molecule has 11 atom stereocenters. The molecule has 2 aromatic heterocycles. The molecular weight excluding hydrogens is 722 g/mol. The zero-order chi connectivity index (χ0) is 34.4. The van der Waals surface area contributed by atoms with Crippen molar-refractivity contribution in [3.8, 4) is 0 Å². The van der Waals surface area contributed by atoms with Gasteiger partial charge in [0.2, 0.25) is 0 Å². The molecule has 24 nitrogen and oxygen atoms in total. The maximum absolute atomic E-state index is 12.2. The average molecular weight is 745 g/mol. The Labute approximate surface area is 262 Å². The van der Waals surface area contributed by atoms with Crippen LogP contribution in [-0.4, -0.2) is 73.0 Å². The first-order chi connectivity index (χ1) is 22.3. The van der Waals surface area contributed by atoms with Gasteiger partial charge >= 0.3 is 44.4 Å². The van der Waals surface area contributed by atoms with Gasteiger partial charge in [0.1, 0.15) is 37.8 Å². The standard InChI is InChI=1S/C19H21N7O17P4/c1-8-5-26(19(32)22-16(8)30)13-4-9(23-24-20)10(39-13)6-37-44(33)41-46(35)43-47(36)42-45(34)38-7-11-14(28)15(29)17(40-11)25-3-2-12(27)21-18(25)31/h2-3,5,9-11,13-15,17,28-29H,4,6-7H2,1H3/q+2/p+2/t9-,10+,11-,13+,14-,15-,17-/m1/s1. The second kappa shape index (κ2) is 16.2. The monoisotopic (exact) mass is 745 g/mol. The van der Waals surface area contributed by atoms with Crippen molar-refractivity contribution in [1.29, 1.82) is 0 Å². The first-order valence-corrected chi connectivity index (χ1v) is 17.2. The van der Waals surface area contributed by atoms with Crippen LogP contribution in [0.15, 0.2) is 42.8 Å². The van der Waals surface area contributed by atoms with Crippen LogP contribution in [-0.2, 0) is 49.7 Å². The predicted octanol–water partition coefficient (Wildman–Crippen LogP) is 0.693. The zero-order valence-corrected chi connectivity index (χ0v) is 27.0. The average Bonchev–Trinajstić information content (AvgIpc) is 3.52. The maximum atomic E-state index is 12.2. The zero-order valence-electron chi connectivity index (χ0n) is 23.4. The van der Waals surface area contributed by atoms with Gasteiger partial charge < -0.3 is 19.7 Å². The van der Waals surface area contributed by atoms with Gasteiger partial charge in [-0.05, 0) is 12.5 Å². The Balaban J connectivity index is 1.20. The lowest BCUT2D eigenvalue weighted by molar-refractivity contribution is -0.0516. The minimum absolute atomic E-state index is 0.0291. The van der Waals surface area contributed by atoms with Gasteiger partial charge in [0.15, 0.2) is 19.2 Å². The Kier molecular flexibility index (Phi) is 12.6. The van der Waals surface area contributed by atoms with Gasteiger partial charge in [0.25, 0.3) is 11.1 Å². The number of aromatic nitrogens is 4. The summed E-state index contributed by atoms with van der Waals surface area (Å²) in [6.07, 6.45) is -6.02. The lowest BCUT2D eigenvalue weighted by atomic mass is 10.1. The number of aliphatic hydroxyl groups excluding tert-OH is 2. The summed E-state index contributed by atoms with van der Waals surface area (Å²) in [5, 5.41) is 23.9. The topological polar surface area (TPSA) is 332 Å². The van der Waals surface area contributed by atoms with Crippen LogP contribution in [0.1, 0.15) is 24.4 Å². The molecule has 47 heavy (non-hydrogen) atoms. The van der Waals surface area contributed by atoms with E-state index in [0.717, 1.165) is 21.4 Å². The molecule has 0 amide bonds. The van der Waals surface area contributed by atoms with E-state index < -0.39 is 112 Å². The van der Waals surface area contributed by atoms with Crippen LogP contribution < -0.4 is 22.5 Å². The maximum Gasteiger partial charge on any atom is 0.798 e. The molecule has 2 aliphatic heterocycles. The number of nitrogens with zero attached hydrogens (tertiary/aromatic N) is 5. The fourth-order valence-corrected chi connectivity index (χ4v) is 7.25. The van der Waals surface area contributed by atoms with Crippen molar-refractivity contribution < 1.29 is 59.9 Å². The highest BCUT2D eigenvalue weighted by atomic mass is 31.2. The number of H-pyrrole nitrogens is 2. The number of nitrogens with one attached hydrogen (secondary N) is 2. The Morgan fingerprint density at radius 1 is 0.915 bits per heavy atom. The van der Waals surface area contributed by atoms with Crippen LogP contribution in [0.2, 0.25) is 0 Å². The van der Waals surface area contributed by atoms with Gasteiger partial charge in [-0.3, -0.25) is 28.7 Å². The van der Waals surface area contributed by atoms with E-state index in [1.807, 2.05) is 4.98 Å². The van der Waals surface area contributed by atoms with E-state index in [1.54, 1.807) is 0 Å². The largest absolute Gasteiger partial charge is 0.798 e. The van der Waals surface area contributed by atoms with Crippen molar-refractivity contribution >= 4 is 33.0 Å². The molecule has 2 aliphatic rings. The number of hydrogen-bond donors (Lipinski definition) is 4. The normalized spacial score (nSPS) is 26.8. The third-order valence-electron chi connectivity index (χ3n) is 6.41. The van der Waals surface area contributed by atoms with Crippen LogP contribution in [0.3, 0.4) is 0 Å². The third kappa shape index (κ3) is 9.41. The van der Waals surface area contributed by atoms with Gasteiger partial charge in [-0.2, -0.15) is 0 Å². The lowest BCUT2D eigenvalue weighted by Gasteiger charge is -2.16. The Hall–Kier alpha value is -3.29. The SMILES string of the molecule is Cc1cn([C@@H]2C[C@@H](N=[N+]=[N-])[C@H](CO[P+](=O)O[P+](=O)O[P+](=O)O[P+](=O)OC[C@H]3O[C@@H](n4ccc(=O)[nH]c4=O)[C@H](O)[C@@H]3O)O2)c(=O)[nH]c1=O. The molecule has 2 fully saturated rings. The van der Waals surface area contributed by atoms with Gasteiger partial charge in [0.05, 0.1) is 12.1 Å². The van der Waals surface area contributed by atoms with E-state index in [9.17, 15) is 47.7 Å². The number of azide groups is 1. The second-order valence-electron chi connectivity index (χ2n) is 9.41. The number of aromatic amines is 2. The molecule has 0 aliphatic carbocycles. The first kappa shape index (κ1) is 36.5. The van der Waals surface area contributed by atoms with E-state index in [-0.39, 0.29) is 12.0 Å². The van der Waals surface area contributed by atoms with E-state index in [4.69, 9.17) is 24.1 Å². The Bertz CT molecular complexity index is 1840. The fourth-order valence-electron chi connectivity index (χ4n) is 4.26. The summed E-state index contributed by atoms with van der Waals surface area (Å²) in [6, 6.07) is 0.0445. The second-order valence-corrected chi connectivity index (χ2v) is 13.7. The van der Waals surface area contributed by atoms with Crippen molar-refractivity contribution in [2.75, 3.05) is 13.2 Å². The fraction of sp³-hybridized carbons (Fsp3) is 0.579. The highest BCUT2D eigenvalue weighted by Gasteiger charge is 2.56. The van der Waals surface area contributed by atoms with Crippen LogP contribution in [0.25, 0.3) is 10.4 Å². The van der Waals surface area contributed by atoms with E-state index in [0.29, 0.717) is 0 Å². The Morgan fingerprint density at radius 3 is 2.13 bits per heavy atom. The molecule has 28 heteroatoms. The summed E-state index contributed by atoms with van der Waals surface area (Å²) < 4.78 is 83.7. The third-order valence-corrected chi connectivity index (χ3v) is 10.3. The first-order valence-electron chi connectivity index (χ1n) is 12.8. The minimum Gasteiger partial charge on any atom is -0.387 e. The van der Waals surface area contributed by atoms with Crippen LogP contribution >= 0.6 is 33.0 Å². The molecule has 4 rings (SSSR count). The van der Waals surface area contributed by atoms with Crippen LogP contribution in [0, 0.1) is 6.92 Å². The number of hydrogen-bond acceptors (Lipinski definition) is 18. The molecule has 4 N–H and O–H groups in total. The highest BCUT2D eigenvalue weighted by molar-refractivity contribution is 7.56. The molecule has 0 saturated carbocycles. The molecule has 252 valence electrons. The molecule has 4 unspecified atom stereocenters. The van der Waals surface area contributed by atoms with Gasteiger partial charge in [0, 0.05) is 53.6 Å². The molecule has 0 aromatic carbocycles. The number of ether oxygens (including phenoxy) is 2. The van der Waals surface area contributed by atoms with Crippen molar-refractivity contribution in [1.82, 2.24) is 19.1 Å². The summed E-state index contributed by atoms with van der Waals surface area (Å²) in [5.74, 6) is 0. The van der Waals surface area contributed by atoms with Crippen molar-refractivity contribution in [3.05, 3.63) is 76.1 Å². The minimum atomic E-state index is -3.48. The molecule has 0 bridgehead atoms. The smallest absolute Gasteiger partial charge is 0.387 e. The van der Waals surface area contributed by atoms with Crippen LogP contribution in [0.4, 0.5) is 0 Å². The van der Waals surface area contributed by atoms with Gasteiger partial charge in [-0.25, -0.2) is 9.59 Å². The molecule has 2 saturated heterocycles. The predicted molar refractivity (Wildman–Crippen MR) is 150 cm³/mol. The van der Waals surface area contributed by atoms with Gasteiger partial charge in [-0.1, -0.05) is 5.11 Å². The summed E-state index contributed by atoms with van der Waals surface area (Å²) in [6.45, 7) is 0.149. The van der Waals surface area contributed by atoms with Crippen molar-refractivity contribution in [3.63, 3.8) is 0 Å². The summed E-state index contributed by atoms with van der Waals surface area (Å²) >= 11 is 0. The number of aliphatic hydroxyl groups is 2. The molecule has 0 spiro atoms. The van der Waals surface area contributed by atoms with E-state index in [2.05, 4.69) is 27.9 Å². The summed E-state index contributed by atoms with van der Waals surface area (Å²) in [5.41, 5.74) is 5.98. The molecule has 0 radical (unpaired) electrons. The summed E-state index contributed by atoms with van der Waals surface area (Å²) in [4.78, 5) is 53.7. The molecule has 2 aromatic rings.